The summed E-state index contributed by atoms with van der Waals surface area (Å²) in [7, 11) is 1.88. The summed E-state index contributed by atoms with van der Waals surface area (Å²) in [4.78, 5) is 17.2. The summed E-state index contributed by atoms with van der Waals surface area (Å²) in [6.45, 7) is 3.91. The lowest BCUT2D eigenvalue weighted by molar-refractivity contribution is -0.137. The SMILES string of the molecule is Cc1nn(C)c(C)c1-c1nc2ccc(C(=O)NCc3cccc(C(F)(F)F)c3)cc2s1. The number of amides is 1. The van der Waals surface area contributed by atoms with E-state index in [1.165, 1.54) is 17.4 Å². The van der Waals surface area contributed by atoms with Gasteiger partial charge in [0.1, 0.15) is 5.01 Å². The Morgan fingerprint density at radius 1 is 1.16 bits per heavy atom. The van der Waals surface area contributed by atoms with Crippen LogP contribution in [0.1, 0.15) is 32.9 Å². The van der Waals surface area contributed by atoms with Crippen molar-refractivity contribution in [1.82, 2.24) is 20.1 Å². The van der Waals surface area contributed by atoms with Gasteiger partial charge < -0.3 is 5.32 Å². The predicted molar refractivity (Wildman–Crippen MR) is 114 cm³/mol. The highest BCUT2D eigenvalue weighted by molar-refractivity contribution is 7.21. The predicted octanol–water partition coefficient (Wildman–Crippen LogP) is 5.26. The zero-order valence-electron chi connectivity index (χ0n) is 17.0. The molecule has 9 heteroatoms. The number of alkyl halides is 3. The fourth-order valence-electron chi connectivity index (χ4n) is 3.40. The van der Waals surface area contributed by atoms with Crippen molar-refractivity contribution in [2.45, 2.75) is 26.6 Å². The lowest BCUT2D eigenvalue weighted by Gasteiger charge is -2.09. The van der Waals surface area contributed by atoms with Crippen LogP contribution in [0.5, 0.6) is 0 Å². The molecule has 1 N–H and O–H groups in total. The van der Waals surface area contributed by atoms with E-state index >= 15 is 0 Å². The molecule has 2 aromatic heterocycles. The molecule has 31 heavy (non-hydrogen) atoms. The Labute approximate surface area is 180 Å². The van der Waals surface area contributed by atoms with Gasteiger partial charge in [-0.05, 0) is 49.7 Å². The van der Waals surface area contributed by atoms with Crippen molar-refractivity contribution in [2.75, 3.05) is 0 Å². The third-order valence-corrected chi connectivity index (χ3v) is 6.12. The minimum Gasteiger partial charge on any atom is -0.348 e. The molecule has 0 unspecified atom stereocenters. The molecule has 0 bridgehead atoms. The van der Waals surface area contributed by atoms with Crippen molar-refractivity contribution in [3.63, 3.8) is 0 Å². The maximum atomic E-state index is 12.9. The van der Waals surface area contributed by atoms with Crippen LogP contribution in [0, 0.1) is 13.8 Å². The van der Waals surface area contributed by atoms with E-state index in [4.69, 9.17) is 0 Å². The molecule has 1 amide bonds. The molecular formula is C22H19F3N4OS. The molecule has 0 saturated carbocycles. The summed E-state index contributed by atoms with van der Waals surface area (Å²) >= 11 is 1.47. The van der Waals surface area contributed by atoms with Gasteiger partial charge in [-0.25, -0.2) is 4.98 Å². The molecule has 2 heterocycles. The monoisotopic (exact) mass is 444 g/mol. The number of nitrogens with zero attached hydrogens (tertiary/aromatic N) is 3. The molecule has 4 rings (SSSR count). The molecule has 0 aliphatic rings. The standard InChI is InChI=1S/C22H19F3N4OS/c1-12-19(13(2)29(3)28-12)21-27-17-8-7-15(10-18(17)31-21)20(30)26-11-14-5-4-6-16(9-14)22(23,24)25/h4-10H,11H2,1-3H3,(H,26,30). The smallest absolute Gasteiger partial charge is 0.348 e. The second kappa shape index (κ2) is 7.81. The number of nitrogens with one attached hydrogen (secondary N) is 1. The van der Waals surface area contributed by atoms with Gasteiger partial charge in [0.25, 0.3) is 5.91 Å². The van der Waals surface area contributed by atoms with Gasteiger partial charge in [-0.3, -0.25) is 9.48 Å². The van der Waals surface area contributed by atoms with Gasteiger partial charge in [-0.15, -0.1) is 11.3 Å². The van der Waals surface area contributed by atoms with Crippen LogP contribution in [0.2, 0.25) is 0 Å². The molecule has 0 aliphatic carbocycles. The van der Waals surface area contributed by atoms with Crippen molar-refractivity contribution in [3.8, 4) is 10.6 Å². The highest BCUT2D eigenvalue weighted by atomic mass is 32.1. The molecule has 0 spiro atoms. The van der Waals surface area contributed by atoms with E-state index in [2.05, 4.69) is 15.4 Å². The van der Waals surface area contributed by atoms with E-state index in [0.29, 0.717) is 11.1 Å². The number of thiazole rings is 1. The number of carbonyl (C=O) groups is 1. The molecule has 0 saturated heterocycles. The Balaban J connectivity index is 1.54. The van der Waals surface area contributed by atoms with E-state index in [-0.39, 0.29) is 12.5 Å². The van der Waals surface area contributed by atoms with Gasteiger partial charge in [0.05, 0.1) is 27.0 Å². The van der Waals surface area contributed by atoms with Crippen LogP contribution < -0.4 is 5.32 Å². The van der Waals surface area contributed by atoms with Crippen molar-refractivity contribution in [1.29, 1.82) is 0 Å². The van der Waals surface area contributed by atoms with Crippen LogP contribution in [0.3, 0.4) is 0 Å². The van der Waals surface area contributed by atoms with Gasteiger partial charge in [0.15, 0.2) is 0 Å². The van der Waals surface area contributed by atoms with Crippen LogP contribution >= 0.6 is 11.3 Å². The van der Waals surface area contributed by atoms with Gasteiger partial charge in [0.2, 0.25) is 0 Å². The van der Waals surface area contributed by atoms with Gasteiger partial charge in [-0.2, -0.15) is 18.3 Å². The highest BCUT2D eigenvalue weighted by Gasteiger charge is 2.30. The normalized spacial score (nSPS) is 11.8. The summed E-state index contributed by atoms with van der Waals surface area (Å²) in [5, 5.41) is 7.94. The molecule has 0 fully saturated rings. The average molecular weight is 444 g/mol. The Hall–Kier alpha value is -3.20. The fourth-order valence-corrected chi connectivity index (χ4v) is 4.55. The van der Waals surface area contributed by atoms with Crippen LogP contribution in [-0.4, -0.2) is 20.7 Å². The van der Waals surface area contributed by atoms with E-state index in [0.717, 1.165) is 44.3 Å². The van der Waals surface area contributed by atoms with Gasteiger partial charge >= 0.3 is 6.18 Å². The first-order valence-electron chi connectivity index (χ1n) is 9.49. The van der Waals surface area contributed by atoms with Crippen LogP contribution in [0.15, 0.2) is 42.5 Å². The minimum atomic E-state index is -4.42. The summed E-state index contributed by atoms with van der Waals surface area (Å²) in [5.41, 5.74) is 3.73. The number of aryl methyl sites for hydroxylation is 2. The Bertz CT molecular complexity index is 1290. The topological polar surface area (TPSA) is 59.8 Å². The third-order valence-electron chi connectivity index (χ3n) is 5.08. The fraction of sp³-hybridized carbons (Fsp3) is 0.227. The maximum Gasteiger partial charge on any atom is 0.416 e. The second-order valence-corrected chi connectivity index (χ2v) is 8.28. The van der Waals surface area contributed by atoms with Crippen LogP contribution in [0.25, 0.3) is 20.8 Å². The second-order valence-electron chi connectivity index (χ2n) is 7.25. The van der Waals surface area contributed by atoms with E-state index < -0.39 is 11.7 Å². The maximum absolute atomic E-state index is 12.9. The van der Waals surface area contributed by atoms with Gasteiger partial charge in [0, 0.05) is 24.8 Å². The molecule has 5 nitrogen and oxygen atoms in total. The minimum absolute atomic E-state index is 0.00278. The molecule has 0 aliphatic heterocycles. The number of benzene rings is 2. The summed E-state index contributed by atoms with van der Waals surface area (Å²) in [6, 6.07) is 10.1. The van der Waals surface area contributed by atoms with E-state index in [1.807, 2.05) is 25.6 Å². The summed E-state index contributed by atoms with van der Waals surface area (Å²) in [6.07, 6.45) is -4.42. The zero-order chi connectivity index (χ0) is 22.3. The molecular weight excluding hydrogens is 425 g/mol. The van der Waals surface area contributed by atoms with Crippen molar-refractivity contribution in [3.05, 3.63) is 70.5 Å². The molecule has 0 radical (unpaired) electrons. The molecule has 0 atom stereocenters. The summed E-state index contributed by atoms with van der Waals surface area (Å²) in [5.74, 6) is -0.358. The van der Waals surface area contributed by atoms with Crippen LogP contribution in [-0.2, 0) is 19.8 Å². The first-order valence-corrected chi connectivity index (χ1v) is 10.3. The number of rotatable bonds is 4. The lowest BCUT2D eigenvalue weighted by atomic mass is 10.1. The number of halogens is 3. The van der Waals surface area contributed by atoms with E-state index in [9.17, 15) is 18.0 Å². The number of aromatic nitrogens is 3. The van der Waals surface area contributed by atoms with Gasteiger partial charge in [-0.1, -0.05) is 12.1 Å². The largest absolute Gasteiger partial charge is 0.416 e. The van der Waals surface area contributed by atoms with Crippen molar-refractivity contribution >= 4 is 27.5 Å². The number of carbonyl (C=O) groups excluding carboxylic acids is 1. The first kappa shape index (κ1) is 21.0. The Kier molecular flexibility index (Phi) is 5.30. The number of hydrogen-bond acceptors (Lipinski definition) is 4. The summed E-state index contributed by atoms with van der Waals surface area (Å²) < 4.78 is 41.2. The average Bonchev–Trinajstić information content (AvgIpc) is 3.24. The van der Waals surface area contributed by atoms with Crippen molar-refractivity contribution < 1.29 is 18.0 Å². The molecule has 160 valence electrons. The van der Waals surface area contributed by atoms with Crippen molar-refractivity contribution in [2.24, 2.45) is 7.05 Å². The third kappa shape index (κ3) is 4.18. The van der Waals surface area contributed by atoms with E-state index in [1.54, 1.807) is 24.3 Å². The number of hydrogen-bond donors (Lipinski definition) is 1. The quantitative estimate of drug-likeness (QED) is 0.467. The zero-order valence-corrected chi connectivity index (χ0v) is 17.9. The molecule has 4 aromatic rings. The Morgan fingerprint density at radius 3 is 2.61 bits per heavy atom. The lowest BCUT2D eigenvalue weighted by Crippen LogP contribution is -2.22. The number of fused-ring (bicyclic) bond motifs is 1. The molecule has 2 aromatic carbocycles. The Morgan fingerprint density at radius 2 is 1.94 bits per heavy atom. The first-order chi connectivity index (χ1) is 14.6. The van der Waals surface area contributed by atoms with Crippen LogP contribution in [0.4, 0.5) is 13.2 Å². The highest BCUT2D eigenvalue weighted by Crippen LogP contribution is 2.34.